The van der Waals surface area contributed by atoms with E-state index in [1.165, 1.54) is 12.1 Å². The highest BCUT2D eigenvalue weighted by atomic mass is 19.1. The second-order valence-corrected chi connectivity index (χ2v) is 3.84. The third-order valence-electron chi connectivity index (χ3n) is 2.54. The molecule has 0 spiro atoms. The van der Waals surface area contributed by atoms with Crippen molar-refractivity contribution in [2.24, 2.45) is 5.73 Å². The molecule has 1 aromatic heterocycles. The molecule has 0 saturated carbocycles. The Morgan fingerprint density at radius 2 is 2.06 bits per heavy atom. The van der Waals surface area contributed by atoms with Crippen LogP contribution in [0.4, 0.5) is 4.39 Å². The van der Waals surface area contributed by atoms with E-state index in [1.807, 2.05) is 0 Å². The summed E-state index contributed by atoms with van der Waals surface area (Å²) in [6.45, 7) is 0.748. The van der Waals surface area contributed by atoms with Gasteiger partial charge in [-0.3, -0.25) is 4.68 Å². The van der Waals surface area contributed by atoms with Crippen molar-refractivity contribution in [3.05, 3.63) is 53.6 Å². The molecule has 1 unspecified atom stereocenters. The summed E-state index contributed by atoms with van der Waals surface area (Å²) in [4.78, 5) is 0. The Morgan fingerprint density at radius 1 is 1.35 bits per heavy atom. The van der Waals surface area contributed by atoms with Gasteiger partial charge in [-0.1, -0.05) is 12.1 Å². The molecule has 0 aliphatic carbocycles. The predicted molar refractivity (Wildman–Crippen MR) is 61.5 cm³/mol. The summed E-state index contributed by atoms with van der Waals surface area (Å²) in [5.74, 6) is -0.314. The fourth-order valence-electron chi connectivity index (χ4n) is 1.58. The van der Waals surface area contributed by atoms with Gasteiger partial charge >= 0.3 is 0 Å². The number of aliphatic hydroxyl groups excluding tert-OH is 1. The number of aromatic nitrogens is 2. The van der Waals surface area contributed by atoms with E-state index in [1.54, 1.807) is 29.2 Å². The fourth-order valence-corrected chi connectivity index (χ4v) is 1.58. The van der Waals surface area contributed by atoms with Crippen molar-refractivity contribution < 1.29 is 9.50 Å². The van der Waals surface area contributed by atoms with E-state index in [2.05, 4.69) is 5.10 Å². The van der Waals surface area contributed by atoms with Crippen LogP contribution < -0.4 is 5.73 Å². The third-order valence-corrected chi connectivity index (χ3v) is 2.54. The number of nitrogens with two attached hydrogens (primary N) is 1. The third kappa shape index (κ3) is 2.89. The Kier molecular flexibility index (Phi) is 3.51. The van der Waals surface area contributed by atoms with Gasteiger partial charge in [0.2, 0.25) is 0 Å². The van der Waals surface area contributed by atoms with Crippen molar-refractivity contribution in [1.29, 1.82) is 0 Å². The topological polar surface area (TPSA) is 64.1 Å². The molecule has 5 heteroatoms. The Bertz CT molecular complexity index is 481. The summed E-state index contributed by atoms with van der Waals surface area (Å²) < 4.78 is 14.3. The summed E-state index contributed by atoms with van der Waals surface area (Å²) in [5.41, 5.74) is 7.04. The van der Waals surface area contributed by atoms with Crippen LogP contribution >= 0.6 is 0 Å². The molecule has 90 valence electrons. The lowest BCUT2D eigenvalue weighted by Gasteiger charge is -2.10. The maximum atomic E-state index is 12.7. The van der Waals surface area contributed by atoms with Crippen LogP contribution in [-0.2, 0) is 13.1 Å². The number of rotatable bonds is 4. The van der Waals surface area contributed by atoms with Gasteiger partial charge in [-0.15, -0.1) is 0 Å². The minimum Gasteiger partial charge on any atom is -0.386 e. The van der Waals surface area contributed by atoms with E-state index in [0.29, 0.717) is 18.7 Å². The highest BCUT2D eigenvalue weighted by molar-refractivity contribution is 5.18. The monoisotopic (exact) mass is 235 g/mol. The van der Waals surface area contributed by atoms with Gasteiger partial charge in [0, 0.05) is 18.3 Å². The molecular formula is C12H14FN3O. The number of halogens is 1. The van der Waals surface area contributed by atoms with Crippen LogP contribution in [0.1, 0.15) is 17.2 Å². The van der Waals surface area contributed by atoms with Crippen molar-refractivity contribution in [3.8, 4) is 0 Å². The Hall–Kier alpha value is -1.72. The van der Waals surface area contributed by atoms with E-state index in [4.69, 9.17) is 5.73 Å². The Labute approximate surface area is 98.5 Å². The van der Waals surface area contributed by atoms with Gasteiger partial charge in [0.05, 0.1) is 18.8 Å². The lowest BCUT2D eigenvalue weighted by atomic mass is 10.1. The summed E-state index contributed by atoms with van der Waals surface area (Å²) in [6, 6.07) is 5.78. The van der Waals surface area contributed by atoms with E-state index >= 15 is 0 Å². The zero-order valence-electron chi connectivity index (χ0n) is 9.25. The first kappa shape index (κ1) is 11.8. The molecule has 0 saturated heterocycles. The average Bonchev–Trinajstić information content (AvgIpc) is 2.77. The molecule has 1 heterocycles. The maximum Gasteiger partial charge on any atom is 0.123 e. The number of benzene rings is 1. The van der Waals surface area contributed by atoms with E-state index in [-0.39, 0.29) is 5.82 Å². The van der Waals surface area contributed by atoms with Crippen LogP contribution in [0, 0.1) is 5.82 Å². The summed E-state index contributed by atoms with van der Waals surface area (Å²) in [6.07, 6.45) is 2.74. The number of aliphatic hydroxyl groups is 1. The largest absolute Gasteiger partial charge is 0.386 e. The molecule has 2 aromatic rings. The van der Waals surface area contributed by atoms with Gasteiger partial charge in [-0.05, 0) is 17.7 Å². The molecule has 4 nitrogen and oxygen atoms in total. The van der Waals surface area contributed by atoms with Gasteiger partial charge in [-0.25, -0.2) is 4.39 Å². The predicted octanol–water partition coefficient (Wildman–Crippen LogP) is 1.21. The van der Waals surface area contributed by atoms with Crippen LogP contribution in [0.5, 0.6) is 0 Å². The normalized spacial score (nSPS) is 12.6. The summed E-state index contributed by atoms with van der Waals surface area (Å²) in [7, 11) is 0. The highest BCUT2D eigenvalue weighted by Gasteiger charge is 2.09. The van der Waals surface area contributed by atoms with Crippen LogP contribution in [0.25, 0.3) is 0 Å². The minimum absolute atomic E-state index is 0.314. The second-order valence-electron chi connectivity index (χ2n) is 3.84. The first-order valence-electron chi connectivity index (χ1n) is 5.34. The summed E-state index contributed by atoms with van der Waals surface area (Å²) in [5, 5.41) is 14.0. The van der Waals surface area contributed by atoms with Crippen LogP contribution in [0.3, 0.4) is 0 Å². The van der Waals surface area contributed by atoms with Gasteiger partial charge in [0.15, 0.2) is 0 Å². The van der Waals surface area contributed by atoms with Gasteiger partial charge < -0.3 is 10.8 Å². The second kappa shape index (κ2) is 5.07. The smallest absolute Gasteiger partial charge is 0.123 e. The maximum absolute atomic E-state index is 12.7. The van der Waals surface area contributed by atoms with E-state index < -0.39 is 6.10 Å². The molecule has 3 N–H and O–H groups in total. The first-order valence-corrected chi connectivity index (χ1v) is 5.34. The molecule has 0 amide bonds. The molecule has 0 aliphatic heterocycles. The fraction of sp³-hybridized carbons (Fsp3) is 0.250. The number of hydrogen-bond acceptors (Lipinski definition) is 3. The number of nitrogens with zero attached hydrogens (tertiary/aromatic N) is 2. The quantitative estimate of drug-likeness (QED) is 0.837. The zero-order chi connectivity index (χ0) is 12.3. The minimum atomic E-state index is -0.707. The lowest BCUT2D eigenvalue weighted by Crippen LogP contribution is -2.09. The molecule has 1 atom stereocenters. The molecule has 0 radical (unpaired) electrons. The van der Waals surface area contributed by atoms with Crippen molar-refractivity contribution in [1.82, 2.24) is 9.78 Å². The molecule has 1 aromatic carbocycles. The Morgan fingerprint density at radius 3 is 2.65 bits per heavy atom. The molecule has 2 rings (SSSR count). The number of hydrogen-bond donors (Lipinski definition) is 2. The SMILES string of the molecule is NCc1cnn(CC(O)c2ccc(F)cc2)c1. The van der Waals surface area contributed by atoms with Crippen molar-refractivity contribution in [3.63, 3.8) is 0 Å². The van der Waals surface area contributed by atoms with Gasteiger partial charge in [-0.2, -0.15) is 5.10 Å². The first-order chi connectivity index (χ1) is 8.19. The molecule has 0 aliphatic rings. The molecule has 0 fully saturated rings. The van der Waals surface area contributed by atoms with Gasteiger partial charge in [0.1, 0.15) is 5.82 Å². The summed E-state index contributed by atoms with van der Waals surface area (Å²) >= 11 is 0. The van der Waals surface area contributed by atoms with Crippen LogP contribution in [-0.4, -0.2) is 14.9 Å². The van der Waals surface area contributed by atoms with Crippen molar-refractivity contribution in [2.45, 2.75) is 19.2 Å². The van der Waals surface area contributed by atoms with Crippen molar-refractivity contribution >= 4 is 0 Å². The zero-order valence-corrected chi connectivity index (χ0v) is 9.25. The molecule has 17 heavy (non-hydrogen) atoms. The van der Waals surface area contributed by atoms with Crippen LogP contribution in [0.2, 0.25) is 0 Å². The molecule has 0 bridgehead atoms. The molecular weight excluding hydrogens is 221 g/mol. The highest BCUT2D eigenvalue weighted by Crippen LogP contribution is 2.15. The Balaban J connectivity index is 2.05. The van der Waals surface area contributed by atoms with Gasteiger partial charge in [0.25, 0.3) is 0 Å². The van der Waals surface area contributed by atoms with E-state index in [0.717, 1.165) is 5.56 Å². The average molecular weight is 235 g/mol. The van der Waals surface area contributed by atoms with E-state index in [9.17, 15) is 9.50 Å². The standard InChI is InChI=1S/C12H14FN3O/c13-11-3-1-10(2-4-11)12(17)8-16-7-9(5-14)6-15-16/h1-4,6-7,12,17H,5,8,14H2. The van der Waals surface area contributed by atoms with Crippen molar-refractivity contribution in [2.75, 3.05) is 0 Å². The lowest BCUT2D eigenvalue weighted by molar-refractivity contribution is 0.151. The van der Waals surface area contributed by atoms with Crippen LogP contribution in [0.15, 0.2) is 36.7 Å².